The molecule has 0 spiro atoms. The van der Waals surface area contributed by atoms with Gasteiger partial charge in [-0.05, 0) is 54.7 Å². The number of H-pyrrole nitrogens is 1. The Morgan fingerprint density at radius 2 is 1.90 bits per heavy atom. The molecule has 2 amide bonds. The van der Waals surface area contributed by atoms with E-state index in [1.165, 1.54) is 0 Å². The highest BCUT2D eigenvalue weighted by Crippen LogP contribution is 2.27. The summed E-state index contributed by atoms with van der Waals surface area (Å²) >= 11 is 0. The lowest BCUT2D eigenvalue weighted by Gasteiger charge is -2.25. The minimum absolute atomic E-state index is 0.0225. The monoisotopic (exact) mass is 390 g/mol. The van der Waals surface area contributed by atoms with Gasteiger partial charge in [-0.25, -0.2) is 0 Å². The number of aromatic amines is 1. The van der Waals surface area contributed by atoms with Crippen LogP contribution in [0.2, 0.25) is 0 Å². The number of carbonyl (C=O) groups excluding carboxylic acids is 2. The van der Waals surface area contributed by atoms with Crippen molar-refractivity contribution >= 4 is 22.7 Å². The fourth-order valence-corrected chi connectivity index (χ4v) is 4.07. The largest absolute Gasteiger partial charge is 0.353 e. The van der Waals surface area contributed by atoms with Crippen LogP contribution < -0.4 is 5.32 Å². The molecule has 1 heterocycles. The Labute approximate surface area is 170 Å². The molecule has 0 aliphatic heterocycles. The van der Waals surface area contributed by atoms with Crippen molar-refractivity contribution in [3.05, 3.63) is 54.2 Å². The van der Waals surface area contributed by atoms with E-state index in [0.717, 1.165) is 41.3 Å². The molecule has 1 aliphatic rings. The summed E-state index contributed by atoms with van der Waals surface area (Å²) in [6, 6.07) is 14.2. The maximum Gasteiger partial charge on any atom is 0.253 e. The predicted molar refractivity (Wildman–Crippen MR) is 113 cm³/mol. The molecule has 6 heteroatoms. The second kappa shape index (κ2) is 8.07. The van der Waals surface area contributed by atoms with Gasteiger partial charge in [0, 0.05) is 36.5 Å². The summed E-state index contributed by atoms with van der Waals surface area (Å²) in [5, 5.41) is 11.1. The molecule has 29 heavy (non-hydrogen) atoms. The van der Waals surface area contributed by atoms with Gasteiger partial charge in [0.1, 0.15) is 0 Å². The second-order valence-corrected chi connectivity index (χ2v) is 7.75. The zero-order chi connectivity index (χ0) is 20.4. The standard InChI is InChI=1S/C23H26N4O2/c1-3-22(28)25-19-9-10-20(13-19)27(2)23(29)16-6-4-15(5-7-16)17-8-11-21-18(12-17)14-24-26-21/h4-8,11-12,14,19-20H,3,9-10,13H2,1-2H3,(H,24,26)(H,25,28). The van der Waals surface area contributed by atoms with Crippen molar-refractivity contribution in [1.29, 1.82) is 0 Å². The van der Waals surface area contributed by atoms with Crippen LogP contribution in [0.25, 0.3) is 22.0 Å². The van der Waals surface area contributed by atoms with Crippen LogP contribution in [0.5, 0.6) is 0 Å². The Kier molecular flexibility index (Phi) is 5.34. The highest BCUT2D eigenvalue weighted by molar-refractivity contribution is 5.95. The van der Waals surface area contributed by atoms with Crippen LogP contribution in [-0.2, 0) is 4.79 Å². The van der Waals surface area contributed by atoms with Crippen LogP contribution in [0, 0.1) is 0 Å². The summed E-state index contributed by atoms with van der Waals surface area (Å²) < 4.78 is 0. The molecule has 6 nitrogen and oxygen atoms in total. The van der Waals surface area contributed by atoms with Crippen molar-refractivity contribution in [2.45, 2.75) is 44.7 Å². The van der Waals surface area contributed by atoms with Crippen LogP contribution in [0.3, 0.4) is 0 Å². The molecule has 2 N–H and O–H groups in total. The molecule has 0 saturated heterocycles. The predicted octanol–water partition coefficient (Wildman–Crippen LogP) is 3.75. The fourth-order valence-electron chi connectivity index (χ4n) is 4.07. The van der Waals surface area contributed by atoms with E-state index in [1.807, 2.05) is 61.5 Å². The zero-order valence-corrected chi connectivity index (χ0v) is 16.8. The summed E-state index contributed by atoms with van der Waals surface area (Å²) in [5.41, 5.74) is 3.85. The molecular weight excluding hydrogens is 364 g/mol. The summed E-state index contributed by atoms with van der Waals surface area (Å²) in [6.07, 6.45) is 4.96. The topological polar surface area (TPSA) is 78.1 Å². The number of amides is 2. The van der Waals surface area contributed by atoms with Crippen molar-refractivity contribution in [2.24, 2.45) is 0 Å². The van der Waals surface area contributed by atoms with Gasteiger partial charge in [-0.3, -0.25) is 14.7 Å². The van der Waals surface area contributed by atoms with E-state index in [9.17, 15) is 9.59 Å². The summed E-state index contributed by atoms with van der Waals surface area (Å²) in [7, 11) is 1.86. The number of nitrogens with zero attached hydrogens (tertiary/aromatic N) is 2. The van der Waals surface area contributed by atoms with Gasteiger partial charge in [0.05, 0.1) is 11.7 Å². The maximum absolute atomic E-state index is 12.9. The van der Waals surface area contributed by atoms with E-state index in [1.54, 1.807) is 0 Å². The first-order valence-electron chi connectivity index (χ1n) is 10.1. The van der Waals surface area contributed by atoms with Gasteiger partial charge >= 0.3 is 0 Å². The van der Waals surface area contributed by atoms with Crippen molar-refractivity contribution in [2.75, 3.05) is 7.05 Å². The van der Waals surface area contributed by atoms with E-state index in [0.29, 0.717) is 12.0 Å². The van der Waals surface area contributed by atoms with Gasteiger partial charge in [-0.1, -0.05) is 25.1 Å². The molecule has 1 fully saturated rings. The van der Waals surface area contributed by atoms with Crippen molar-refractivity contribution in [1.82, 2.24) is 20.4 Å². The highest BCUT2D eigenvalue weighted by atomic mass is 16.2. The minimum atomic E-state index is 0.0225. The number of fused-ring (bicyclic) bond motifs is 1. The number of rotatable bonds is 5. The molecular formula is C23H26N4O2. The maximum atomic E-state index is 12.9. The third-order valence-corrected chi connectivity index (χ3v) is 5.86. The lowest BCUT2D eigenvalue weighted by molar-refractivity contribution is -0.121. The summed E-state index contributed by atoms with van der Waals surface area (Å²) in [4.78, 5) is 26.4. The lowest BCUT2D eigenvalue weighted by Crippen LogP contribution is -2.38. The Bertz CT molecular complexity index is 1020. The third-order valence-electron chi connectivity index (χ3n) is 5.86. The van der Waals surface area contributed by atoms with Gasteiger partial charge in [-0.15, -0.1) is 0 Å². The SMILES string of the molecule is CCC(=O)NC1CCC(N(C)C(=O)c2ccc(-c3ccc4[nH]ncc4c3)cc2)C1. The first kappa shape index (κ1) is 19.2. The third kappa shape index (κ3) is 4.01. The summed E-state index contributed by atoms with van der Waals surface area (Å²) in [5.74, 6) is 0.100. The van der Waals surface area contributed by atoms with Crippen LogP contribution in [-0.4, -0.2) is 46.0 Å². The van der Waals surface area contributed by atoms with Gasteiger partial charge in [0.15, 0.2) is 0 Å². The minimum Gasteiger partial charge on any atom is -0.353 e. The average Bonchev–Trinajstić information content (AvgIpc) is 3.41. The molecule has 0 radical (unpaired) electrons. The molecule has 2 aromatic carbocycles. The smallest absolute Gasteiger partial charge is 0.253 e. The Morgan fingerprint density at radius 3 is 2.66 bits per heavy atom. The molecule has 1 aromatic heterocycles. The van der Waals surface area contributed by atoms with Gasteiger partial charge in [-0.2, -0.15) is 5.10 Å². The Morgan fingerprint density at radius 1 is 1.14 bits per heavy atom. The van der Waals surface area contributed by atoms with E-state index < -0.39 is 0 Å². The number of aromatic nitrogens is 2. The Balaban J connectivity index is 1.43. The molecule has 3 aromatic rings. The van der Waals surface area contributed by atoms with E-state index >= 15 is 0 Å². The van der Waals surface area contributed by atoms with Crippen molar-refractivity contribution < 1.29 is 9.59 Å². The number of hydrogen-bond donors (Lipinski definition) is 2. The zero-order valence-electron chi connectivity index (χ0n) is 16.8. The second-order valence-electron chi connectivity index (χ2n) is 7.75. The molecule has 1 aliphatic carbocycles. The molecule has 2 atom stereocenters. The molecule has 4 rings (SSSR count). The molecule has 2 unspecified atom stereocenters. The molecule has 1 saturated carbocycles. The van der Waals surface area contributed by atoms with E-state index in [-0.39, 0.29) is 23.9 Å². The number of carbonyl (C=O) groups is 2. The van der Waals surface area contributed by atoms with Gasteiger partial charge in [0.25, 0.3) is 5.91 Å². The highest BCUT2D eigenvalue weighted by Gasteiger charge is 2.30. The fraction of sp³-hybridized carbons (Fsp3) is 0.348. The van der Waals surface area contributed by atoms with Crippen LogP contribution in [0.1, 0.15) is 43.0 Å². The molecule has 150 valence electrons. The van der Waals surface area contributed by atoms with E-state index in [2.05, 4.69) is 21.6 Å². The van der Waals surface area contributed by atoms with Crippen LogP contribution >= 0.6 is 0 Å². The number of nitrogens with one attached hydrogen (secondary N) is 2. The average molecular weight is 390 g/mol. The quantitative estimate of drug-likeness (QED) is 0.696. The van der Waals surface area contributed by atoms with Crippen LogP contribution in [0.4, 0.5) is 0 Å². The molecule has 0 bridgehead atoms. The van der Waals surface area contributed by atoms with Gasteiger partial charge < -0.3 is 10.2 Å². The first-order chi connectivity index (χ1) is 14.0. The number of hydrogen-bond acceptors (Lipinski definition) is 3. The first-order valence-corrected chi connectivity index (χ1v) is 10.1. The van der Waals surface area contributed by atoms with Crippen LogP contribution in [0.15, 0.2) is 48.7 Å². The van der Waals surface area contributed by atoms with Crippen molar-refractivity contribution in [3.8, 4) is 11.1 Å². The van der Waals surface area contributed by atoms with Crippen molar-refractivity contribution in [3.63, 3.8) is 0 Å². The Hall–Kier alpha value is -3.15. The van der Waals surface area contributed by atoms with E-state index in [4.69, 9.17) is 0 Å². The summed E-state index contributed by atoms with van der Waals surface area (Å²) in [6.45, 7) is 1.86. The normalized spacial score (nSPS) is 18.7. The van der Waals surface area contributed by atoms with Gasteiger partial charge in [0.2, 0.25) is 5.91 Å². The number of benzene rings is 2. The lowest BCUT2D eigenvalue weighted by atomic mass is 10.0.